The fourth-order valence-electron chi connectivity index (χ4n) is 6.47. The van der Waals surface area contributed by atoms with Crippen LogP contribution in [0.15, 0.2) is 11.6 Å². The average Bonchev–Trinajstić information content (AvgIpc) is 2.89. The van der Waals surface area contributed by atoms with Crippen LogP contribution in [0.4, 0.5) is 0 Å². The Bertz CT molecular complexity index is 435. The monoisotopic (exact) mass is 272 g/mol. The number of carbonyl (C=O) groups excluding carboxylic acids is 1. The van der Waals surface area contributed by atoms with Gasteiger partial charge in [0.2, 0.25) is 0 Å². The number of hydrogen-bond donors (Lipinski definition) is 0. The van der Waals surface area contributed by atoms with Crippen LogP contribution in [0.3, 0.4) is 0 Å². The Morgan fingerprint density at radius 1 is 0.900 bits per heavy atom. The highest BCUT2D eigenvalue weighted by Crippen LogP contribution is 2.58. The Morgan fingerprint density at radius 2 is 1.65 bits per heavy atom. The van der Waals surface area contributed by atoms with Gasteiger partial charge in [-0.05, 0) is 86.5 Å². The Hall–Kier alpha value is -0.590. The summed E-state index contributed by atoms with van der Waals surface area (Å²) in [5.41, 5.74) is 1.53. The summed E-state index contributed by atoms with van der Waals surface area (Å²) in [4.78, 5) is 11.7. The molecule has 110 valence electrons. The van der Waals surface area contributed by atoms with Crippen LogP contribution < -0.4 is 0 Å². The van der Waals surface area contributed by atoms with Gasteiger partial charge in [-0.2, -0.15) is 0 Å². The molecule has 0 aliphatic heterocycles. The van der Waals surface area contributed by atoms with E-state index in [0.29, 0.717) is 5.78 Å². The van der Waals surface area contributed by atoms with Gasteiger partial charge in [0.05, 0.1) is 0 Å². The fraction of sp³-hybridized carbons (Fsp3) is 0.842. The molecule has 0 heterocycles. The molecule has 1 nitrogen and oxygen atoms in total. The van der Waals surface area contributed by atoms with Gasteiger partial charge in [0.1, 0.15) is 0 Å². The predicted molar refractivity (Wildman–Crippen MR) is 81.3 cm³/mol. The molecule has 0 radical (unpaired) electrons. The van der Waals surface area contributed by atoms with Crippen LogP contribution in [-0.2, 0) is 4.79 Å². The molecular weight excluding hydrogens is 244 g/mol. The van der Waals surface area contributed by atoms with Gasteiger partial charge in [-0.15, -0.1) is 0 Å². The van der Waals surface area contributed by atoms with Gasteiger partial charge in [-0.3, -0.25) is 4.79 Å². The molecule has 0 aromatic rings. The molecular formula is C19H28O. The Morgan fingerprint density at radius 3 is 2.50 bits per heavy atom. The Kier molecular flexibility index (Phi) is 3.27. The lowest BCUT2D eigenvalue weighted by atomic mass is 9.55. The summed E-state index contributed by atoms with van der Waals surface area (Å²) in [5, 5.41) is 0. The molecule has 3 fully saturated rings. The molecule has 4 aliphatic carbocycles. The third kappa shape index (κ3) is 1.92. The van der Waals surface area contributed by atoms with E-state index in [4.69, 9.17) is 0 Å². The molecule has 0 bridgehead atoms. The first-order chi connectivity index (χ1) is 9.78. The molecule has 3 saturated carbocycles. The maximum Gasteiger partial charge on any atom is 0.155 e. The van der Waals surface area contributed by atoms with Crippen LogP contribution in [0.2, 0.25) is 0 Å². The normalized spacial score (nSPS) is 47.2. The van der Waals surface area contributed by atoms with Gasteiger partial charge in [0, 0.05) is 6.42 Å². The summed E-state index contributed by atoms with van der Waals surface area (Å²) in [5.74, 6) is 6.24. The first kappa shape index (κ1) is 13.1. The lowest BCUT2D eigenvalue weighted by molar-refractivity contribution is -0.115. The standard InChI is InChI=1S/C19H28O/c1-2-12-3-6-17-15(12)9-10-18-16-8-5-14(20)11-13(16)4-7-19(17)18/h11-12,15-19H,2-10H2,1H3/t12-,15+,16-,17+,18+,19-/m0/s1. The van der Waals surface area contributed by atoms with Crippen molar-refractivity contribution in [1.82, 2.24) is 0 Å². The Balaban J connectivity index is 1.57. The minimum absolute atomic E-state index is 0.398. The third-order valence-corrected chi connectivity index (χ3v) is 7.29. The zero-order valence-corrected chi connectivity index (χ0v) is 12.8. The topological polar surface area (TPSA) is 17.1 Å². The third-order valence-electron chi connectivity index (χ3n) is 7.29. The van der Waals surface area contributed by atoms with Gasteiger partial charge >= 0.3 is 0 Å². The van der Waals surface area contributed by atoms with Crippen molar-refractivity contribution >= 4 is 5.78 Å². The van der Waals surface area contributed by atoms with Crippen LogP contribution in [0.5, 0.6) is 0 Å². The molecule has 0 spiro atoms. The van der Waals surface area contributed by atoms with E-state index < -0.39 is 0 Å². The molecule has 4 aliphatic rings. The van der Waals surface area contributed by atoms with E-state index in [1.807, 2.05) is 6.08 Å². The summed E-state index contributed by atoms with van der Waals surface area (Å²) in [7, 11) is 0. The SMILES string of the molecule is CC[C@H]1CC[C@H]2[C@@H]3CCC4=CC(=O)CC[C@@H]4[C@H]3CC[C@H]12. The van der Waals surface area contributed by atoms with Gasteiger partial charge < -0.3 is 0 Å². The average molecular weight is 272 g/mol. The second kappa shape index (κ2) is 5.00. The van der Waals surface area contributed by atoms with Gasteiger partial charge in [-0.1, -0.05) is 18.9 Å². The van der Waals surface area contributed by atoms with Gasteiger partial charge in [0.25, 0.3) is 0 Å². The summed E-state index contributed by atoms with van der Waals surface area (Å²) in [6, 6.07) is 0. The fourth-order valence-corrected chi connectivity index (χ4v) is 6.47. The molecule has 0 amide bonds. The number of hydrogen-bond acceptors (Lipinski definition) is 1. The van der Waals surface area contributed by atoms with Crippen LogP contribution in [0.25, 0.3) is 0 Å². The van der Waals surface area contributed by atoms with Gasteiger partial charge in [-0.25, -0.2) is 0 Å². The van der Waals surface area contributed by atoms with E-state index in [1.54, 1.807) is 0 Å². The summed E-state index contributed by atoms with van der Waals surface area (Å²) in [6.45, 7) is 2.40. The van der Waals surface area contributed by atoms with Crippen LogP contribution >= 0.6 is 0 Å². The van der Waals surface area contributed by atoms with Crippen molar-refractivity contribution in [3.8, 4) is 0 Å². The van der Waals surface area contributed by atoms with Crippen molar-refractivity contribution in [2.75, 3.05) is 0 Å². The number of allylic oxidation sites excluding steroid dienone is 1. The number of ketones is 1. The Labute approximate surface area is 123 Å². The highest BCUT2D eigenvalue weighted by molar-refractivity contribution is 5.91. The largest absolute Gasteiger partial charge is 0.295 e. The van der Waals surface area contributed by atoms with E-state index in [1.165, 1.54) is 56.9 Å². The smallest absolute Gasteiger partial charge is 0.155 e. The van der Waals surface area contributed by atoms with Crippen molar-refractivity contribution in [2.24, 2.45) is 35.5 Å². The molecule has 0 aromatic heterocycles. The van der Waals surface area contributed by atoms with Crippen LogP contribution in [0.1, 0.15) is 64.7 Å². The van der Waals surface area contributed by atoms with E-state index in [9.17, 15) is 4.79 Å². The highest BCUT2D eigenvalue weighted by atomic mass is 16.1. The van der Waals surface area contributed by atoms with Crippen molar-refractivity contribution in [1.29, 1.82) is 0 Å². The number of rotatable bonds is 1. The number of carbonyl (C=O) groups is 1. The minimum Gasteiger partial charge on any atom is -0.295 e. The number of fused-ring (bicyclic) bond motifs is 5. The lowest BCUT2D eigenvalue weighted by Gasteiger charge is -2.49. The molecule has 0 unspecified atom stereocenters. The molecule has 1 heteroatoms. The highest BCUT2D eigenvalue weighted by Gasteiger charge is 2.49. The van der Waals surface area contributed by atoms with Crippen LogP contribution in [-0.4, -0.2) is 5.78 Å². The van der Waals surface area contributed by atoms with E-state index in [2.05, 4.69) is 6.92 Å². The maximum absolute atomic E-state index is 11.7. The molecule has 20 heavy (non-hydrogen) atoms. The van der Waals surface area contributed by atoms with Crippen molar-refractivity contribution in [2.45, 2.75) is 64.7 Å². The summed E-state index contributed by atoms with van der Waals surface area (Å²) < 4.78 is 0. The summed E-state index contributed by atoms with van der Waals surface area (Å²) in [6.07, 6.45) is 14.0. The quantitative estimate of drug-likeness (QED) is 0.672. The van der Waals surface area contributed by atoms with E-state index in [0.717, 1.165) is 41.9 Å². The molecule has 0 aromatic carbocycles. The summed E-state index contributed by atoms with van der Waals surface area (Å²) >= 11 is 0. The first-order valence-electron chi connectivity index (χ1n) is 9.01. The maximum atomic E-state index is 11.7. The van der Waals surface area contributed by atoms with Crippen molar-refractivity contribution in [3.05, 3.63) is 11.6 Å². The van der Waals surface area contributed by atoms with E-state index in [-0.39, 0.29) is 0 Å². The van der Waals surface area contributed by atoms with Crippen LogP contribution in [0, 0.1) is 35.5 Å². The molecule has 0 saturated heterocycles. The van der Waals surface area contributed by atoms with Crippen molar-refractivity contribution < 1.29 is 4.79 Å². The zero-order chi connectivity index (χ0) is 13.7. The second-order valence-electron chi connectivity index (χ2n) is 7.85. The van der Waals surface area contributed by atoms with E-state index >= 15 is 0 Å². The second-order valence-corrected chi connectivity index (χ2v) is 7.85. The zero-order valence-electron chi connectivity index (χ0n) is 12.8. The molecule has 6 atom stereocenters. The van der Waals surface area contributed by atoms with Gasteiger partial charge in [0.15, 0.2) is 5.78 Å². The predicted octanol–water partition coefficient (Wildman–Crippen LogP) is 4.76. The molecule has 4 rings (SSSR count). The van der Waals surface area contributed by atoms with Crippen molar-refractivity contribution in [3.63, 3.8) is 0 Å². The first-order valence-corrected chi connectivity index (χ1v) is 9.01. The molecule has 0 N–H and O–H groups in total. The lowest BCUT2D eigenvalue weighted by Crippen LogP contribution is -2.41. The minimum atomic E-state index is 0.398.